The van der Waals surface area contributed by atoms with E-state index in [0.717, 1.165) is 31.9 Å². The minimum absolute atomic E-state index is 0.0150. The molecule has 1 atom stereocenters. The summed E-state index contributed by atoms with van der Waals surface area (Å²) >= 11 is 0. The van der Waals surface area contributed by atoms with E-state index in [1.54, 1.807) is 0 Å². The van der Waals surface area contributed by atoms with Crippen molar-refractivity contribution < 1.29 is 23.4 Å². The highest BCUT2D eigenvalue weighted by atomic mass is 19.4. The average molecular weight is 275 g/mol. The molecule has 6 heteroatoms. The van der Waals surface area contributed by atoms with Gasteiger partial charge in [-0.15, -0.1) is 0 Å². The zero-order chi connectivity index (χ0) is 14.0. The summed E-state index contributed by atoms with van der Waals surface area (Å²) in [4.78, 5) is 0. The minimum Gasteiger partial charge on any atom is -0.504 e. The topological polar surface area (TPSA) is 52.5 Å². The summed E-state index contributed by atoms with van der Waals surface area (Å²) in [6, 6.07) is 1.58. The van der Waals surface area contributed by atoms with E-state index in [4.69, 9.17) is 0 Å². The molecule has 0 bridgehead atoms. The lowest BCUT2D eigenvalue weighted by atomic mass is 9.94. The summed E-state index contributed by atoms with van der Waals surface area (Å²) < 4.78 is 38.7. The van der Waals surface area contributed by atoms with E-state index in [1.807, 2.05) is 0 Å². The third-order valence-corrected chi connectivity index (χ3v) is 3.38. The van der Waals surface area contributed by atoms with Gasteiger partial charge >= 0.3 is 6.18 Å². The second kappa shape index (κ2) is 5.28. The highest BCUT2D eigenvalue weighted by Gasteiger charge is 2.35. The van der Waals surface area contributed by atoms with Gasteiger partial charge in [0.25, 0.3) is 0 Å². The Balaban J connectivity index is 2.29. The van der Waals surface area contributed by atoms with Crippen molar-refractivity contribution in [1.29, 1.82) is 0 Å². The number of nitrogens with one attached hydrogen (secondary N) is 1. The van der Waals surface area contributed by atoms with Crippen LogP contribution in [0.1, 0.15) is 30.4 Å². The second-order valence-corrected chi connectivity index (χ2v) is 4.85. The molecule has 1 heterocycles. The normalized spacial score (nSPS) is 20.5. The van der Waals surface area contributed by atoms with E-state index in [2.05, 4.69) is 5.32 Å². The highest BCUT2D eigenvalue weighted by Crippen LogP contribution is 2.38. The predicted molar refractivity (Wildman–Crippen MR) is 64.1 cm³/mol. The molecule has 1 fully saturated rings. The molecule has 0 aromatic heterocycles. The molecular formula is C13H16F3NO2. The number of alkyl halides is 3. The highest BCUT2D eigenvalue weighted by molar-refractivity contribution is 5.47. The smallest absolute Gasteiger partial charge is 0.416 e. The van der Waals surface area contributed by atoms with Crippen molar-refractivity contribution in [3.8, 4) is 11.5 Å². The van der Waals surface area contributed by atoms with Gasteiger partial charge in [-0.1, -0.05) is 6.42 Å². The Morgan fingerprint density at radius 2 is 1.84 bits per heavy atom. The van der Waals surface area contributed by atoms with Crippen LogP contribution in [0.25, 0.3) is 0 Å². The fourth-order valence-corrected chi connectivity index (χ4v) is 2.42. The summed E-state index contributed by atoms with van der Waals surface area (Å²) in [7, 11) is 0. The third-order valence-electron chi connectivity index (χ3n) is 3.38. The van der Waals surface area contributed by atoms with Crippen LogP contribution in [-0.2, 0) is 12.6 Å². The molecule has 19 heavy (non-hydrogen) atoms. The van der Waals surface area contributed by atoms with Crippen LogP contribution in [0.15, 0.2) is 12.1 Å². The summed E-state index contributed by atoms with van der Waals surface area (Å²) in [6.07, 6.45) is -1.50. The van der Waals surface area contributed by atoms with Crippen LogP contribution >= 0.6 is 0 Å². The first-order chi connectivity index (χ1) is 8.88. The van der Waals surface area contributed by atoms with E-state index in [-0.39, 0.29) is 18.0 Å². The zero-order valence-electron chi connectivity index (χ0n) is 10.3. The Kier molecular flexibility index (Phi) is 3.89. The number of benzene rings is 1. The van der Waals surface area contributed by atoms with Crippen molar-refractivity contribution in [1.82, 2.24) is 5.32 Å². The molecule has 3 N–H and O–H groups in total. The first kappa shape index (κ1) is 14.0. The Morgan fingerprint density at radius 1 is 1.16 bits per heavy atom. The predicted octanol–water partition coefficient (Wildman–Crippen LogP) is 2.80. The second-order valence-electron chi connectivity index (χ2n) is 4.85. The average Bonchev–Trinajstić information content (AvgIpc) is 2.33. The Bertz CT molecular complexity index is 454. The van der Waals surface area contributed by atoms with Crippen LogP contribution in [0.5, 0.6) is 11.5 Å². The maximum Gasteiger partial charge on any atom is 0.416 e. The van der Waals surface area contributed by atoms with E-state index in [1.165, 1.54) is 0 Å². The molecule has 3 nitrogen and oxygen atoms in total. The zero-order valence-corrected chi connectivity index (χ0v) is 10.3. The molecule has 2 rings (SSSR count). The van der Waals surface area contributed by atoms with Crippen LogP contribution in [0.3, 0.4) is 0 Å². The largest absolute Gasteiger partial charge is 0.504 e. The van der Waals surface area contributed by atoms with E-state index >= 15 is 0 Å². The molecular weight excluding hydrogens is 259 g/mol. The number of rotatable bonds is 2. The molecule has 1 aliphatic rings. The van der Waals surface area contributed by atoms with Gasteiger partial charge in [0.15, 0.2) is 11.5 Å². The maximum absolute atomic E-state index is 12.9. The fraction of sp³-hybridized carbons (Fsp3) is 0.538. The van der Waals surface area contributed by atoms with Crippen molar-refractivity contribution >= 4 is 0 Å². The van der Waals surface area contributed by atoms with Gasteiger partial charge in [-0.05, 0) is 43.5 Å². The lowest BCUT2D eigenvalue weighted by Gasteiger charge is -2.25. The molecule has 1 aromatic carbocycles. The third kappa shape index (κ3) is 3.32. The first-order valence-corrected chi connectivity index (χ1v) is 6.23. The van der Waals surface area contributed by atoms with Crippen molar-refractivity contribution in [3.63, 3.8) is 0 Å². The van der Waals surface area contributed by atoms with Crippen molar-refractivity contribution in [3.05, 3.63) is 23.3 Å². The quantitative estimate of drug-likeness (QED) is 0.727. The molecule has 0 saturated carbocycles. The van der Waals surface area contributed by atoms with Gasteiger partial charge in [-0.3, -0.25) is 0 Å². The summed E-state index contributed by atoms with van der Waals surface area (Å²) in [5.74, 6) is -1.26. The molecule has 1 aliphatic heterocycles. The molecule has 0 radical (unpaired) electrons. The standard InChI is InChI=1S/C13H16F3NO2/c14-13(15,16)10-7-12(19)11(18)6-8(10)5-9-3-1-2-4-17-9/h6-7,9,17-19H,1-5H2. The molecule has 1 unspecified atom stereocenters. The molecule has 0 aliphatic carbocycles. The molecule has 106 valence electrons. The van der Waals surface area contributed by atoms with Crippen LogP contribution in [-0.4, -0.2) is 22.8 Å². The summed E-state index contributed by atoms with van der Waals surface area (Å²) in [6.45, 7) is 0.802. The van der Waals surface area contributed by atoms with E-state index < -0.39 is 23.2 Å². The number of aromatic hydroxyl groups is 2. The van der Waals surface area contributed by atoms with Gasteiger partial charge in [0, 0.05) is 6.04 Å². The Hall–Kier alpha value is -1.43. The van der Waals surface area contributed by atoms with Gasteiger partial charge in [0.2, 0.25) is 0 Å². The number of phenols is 2. The van der Waals surface area contributed by atoms with E-state index in [0.29, 0.717) is 6.07 Å². The summed E-state index contributed by atoms with van der Waals surface area (Å²) in [5, 5.41) is 21.8. The van der Waals surface area contributed by atoms with Gasteiger partial charge in [-0.2, -0.15) is 13.2 Å². The molecule has 1 saturated heterocycles. The molecule has 1 aromatic rings. The van der Waals surface area contributed by atoms with Crippen molar-refractivity contribution in [2.45, 2.75) is 37.9 Å². The molecule has 0 spiro atoms. The van der Waals surface area contributed by atoms with Crippen molar-refractivity contribution in [2.24, 2.45) is 0 Å². The number of piperidine rings is 1. The monoisotopic (exact) mass is 275 g/mol. The van der Waals surface area contributed by atoms with Crippen LogP contribution < -0.4 is 5.32 Å². The SMILES string of the molecule is Oc1cc(CC2CCCCN2)c(C(F)(F)F)cc1O. The minimum atomic E-state index is -4.53. The number of hydrogen-bond donors (Lipinski definition) is 3. The van der Waals surface area contributed by atoms with Gasteiger partial charge in [0.05, 0.1) is 5.56 Å². The van der Waals surface area contributed by atoms with Crippen molar-refractivity contribution in [2.75, 3.05) is 6.54 Å². The maximum atomic E-state index is 12.9. The summed E-state index contributed by atoms with van der Waals surface area (Å²) in [5.41, 5.74) is -0.864. The van der Waals surface area contributed by atoms with Crippen LogP contribution in [0.2, 0.25) is 0 Å². The lowest BCUT2D eigenvalue weighted by molar-refractivity contribution is -0.138. The Morgan fingerprint density at radius 3 is 2.42 bits per heavy atom. The first-order valence-electron chi connectivity index (χ1n) is 6.23. The molecule has 0 amide bonds. The number of hydrogen-bond acceptors (Lipinski definition) is 3. The van der Waals surface area contributed by atoms with Crippen LogP contribution in [0.4, 0.5) is 13.2 Å². The van der Waals surface area contributed by atoms with Gasteiger partial charge in [0.1, 0.15) is 0 Å². The lowest BCUT2D eigenvalue weighted by Crippen LogP contribution is -2.36. The van der Waals surface area contributed by atoms with E-state index in [9.17, 15) is 23.4 Å². The van der Waals surface area contributed by atoms with Gasteiger partial charge < -0.3 is 15.5 Å². The van der Waals surface area contributed by atoms with Gasteiger partial charge in [-0.25, -0.2) is 0 Å². The fourth-order valence-electron chi connectivity index (χ4n) is 2.42. The number of phenolic OH excluding ortho intramolecular Hbond substituents is 2. The Labute approximate surface area is 109 Å². The number of halogens is 3. The van der Waals surface area contributed by atoms with Crippen LogP contribution in [0, 0.1) is 0 Å².